The fourth-order valence-electron chi connectivity index (χ4n) is 2.70. The molecule has 132 valence electrons. The molecule has 0 unspecified atom stereocenters. The standard InChI is InChI=1S/C22H20ClNO2/c1-16(22(25)24(2)19-11-7-4-8-12-19)26-21-14-13-18(15-20(21)23)17-9-5-3-6-10-17/h3-16H,1-2H3/t16-/m0/s1. The summed E-state index contributed by atoms with van der Waals surface area (Å²) in [4.78, 5) is 14.2. The van der Waals surface area contributed by atoms with E-state index in [1.165, 1.54) is 0 Å². The second-order valence-corrected chi connectivity index (χ2v) is 6.41. The Hall–Kier alpha value is -2.78. The summed E-state index contributed by atoms with van der Waals surface area (Å²) in [6.07, 6.45) is -0.653. The van der Waals surface area contributed by atoms with Gasteiger partial charge in [0.05, 0.1) is 5.02 Å². The highest BCUT2D eigenvalue weighted by molar-refractivity contribution is 6.32. The molecule has 0 fully saturated rings. The zero-order valence-electron chi connectivity index (χ0n) is 14.7. The van der Waals surface area contributed by atoms with Crippen LogP contribution in [0.4, 0.5) is 5.69 Å². The highest BCUT2D eigenvalue weighted by Crippen LogP contribution is 2.31. The van der Waals surface area contributed by atoms with Gasteiger partial charge in [0.2, 0.25) is 0 Å². The van der Waals surface area contributed by atoms with Gasteiger partial charge in [0.25, 0.3) is 5.91 Å². The van der Waals surface area contributed by atoms with Gasteiger partial charge < -0.3 is 9.64 Å². The van der Waals surface area contributed by atoms with Crippen molar-refractivity contribution in [2.24, 2.45) is 0 Å². The van der Waals surface area contributed by atoms with Gasteiger partial charge in [-0.3, -0.25) is 4.79 Å². The number of nitrogens with zero attached hydrogens (tertiary/aromatic N) is 1. The largest absolute Gasteiger partial charge is 0.479 e. The summed E-state index contributed by atoms with van der Waals surface area (Å²) in [5.41, 5.74) is 2.90. The van der Waals surface area contributed by atoms with Crippen LogP contribution in [0.15, 0.2) is 78.9 Å². The average Bonchev–Trinajstić information content (AvgIpc) is 2.69. The third-order valence-corrected chi connectivity index (χ3v) is 4.46. The molecular formula is C22H20ClNO2. The van der Waals surface area contributed by atoms with Crippen molar-refractivity contribution < 1.29 is 9.53 Å². The molecule has 1 amide bonds. The molecule has 0 saturated heterocycles. The zero-order valence-corrected chi connectivity index (χ0v) is 15.5. The van der Waals surface area contributed by atoms with Gasteiger partial charge in [0.15, 0.2) is 6.10 Å². The van der Waals surface area contributed by atoms with Gasteiger partial charge in [0, 0.05) is 12.7 Å². The molecule has 3 rings (SSSR count). The predicted octanol–water partition coefficient (Wildman–Crippen LogP) is 5.44. The molecule has 1 atom stereocenters. The summed E-state index contributed by atoms with van der Waals surface area (Å²) in [5, 5.41) is 0.480. The lowest BCUT2D eigenvalue weighted by atomic mass is 10.1. The van der Waals surface area contributed by atoms with Gasteiger partial charge in [-0.15, -0.1) is 0 Å². The highest BCUT2D eigenvalue weighted by atomic mass is 35.5. The maximum Gasteiger partial charge on any atom is 0.267 e. The Labute approximate surface area is 158 Å². The maximum absolute atomic E-state index is 12.6. The van der Waals surface area contributed by atoms with E-state index in [1.807, 2.05) is 72.8 Å². The number of rotatable bonds is 5. The van der Waals surface area contributed by atoms with E-state index in [4.69, 9.17) is 16.3 Å². The molecule has 3 aromatic rings. The first-order valence-electron chi connectivity index (χ1n) is 8.40. The molecule has 0 aliphatic rings. The summed E-state index contributed by atoms with van der Waals surface area (Å²) < 4.78 is 5.82. The van der Waals surface area contributed by atoms with Crippen LogP contribution in [0, 0.1) is 0 Å². The monoisotopic (exact) mass is 365 g/mol. The first-order chi connectivity index (χ1) is 12.6. The highest BCUT2D eigenvalue weighted by Gasteiger charge is 2.21. The molecule has 4 heteroatoms. The van der Waals surface area contributed by atoms with Crippen LogP contribution >= 0.6 is 11.6 Å². The molecule has 0 aromatic heterocycles. The fourth-order valence-corrected chi connectivity index (χ4v) is 2.92. The molecule has 0 N–H and O–H groups in total. The van der Waals surface area contributed by atoms with E-state index in [0.717, 1.165) is 16.8 Å². The molecular weight excluding hydrogens is 346 g/mol. The van der Waals surface area contributed by atoms with Crippen LogP contribution in [-0.2, 0) is 4.79 Å². The molecule has 0 spiro atoms. The zero-order chi connectivity index (χ0) is 18.5. The summed E-state index contributed by atoms with van der Waals surface area (Å²) >= 11 is 6.37. The van der Waals surface area contributed by atoms with Crippen LogP contribution in [0.25, 0.3) is 11.1 Å². The average molecular weight is 366 g/mol. The van der Waals surface area contributed by atoms with E-state index < -0.39 is 6.10 Å². The van der Waals surface area contributed by atoms with Crippen LogP contribution in [0.3, 0.4) is 0 Å². The van der Waals surface area contributed by atoms with Gasteiger partial charge in [-0.05, 0) is 42.3 Å². The van der Waals surface area contributed by atoms with E-state index in [2.05, 4.69) is 0 Å². The number of carbonyl (C=O) groups is 1. The smallest absolute Gasteiger partial charge is 0.267 e. The number of likely N-dealkylation sites (N-methyl/N-ethyl adjacent to an activating group) is 1. The molecule has 0 bridgehead atoms. The first kappa shape index (κ1) is 18.0. The third kappa shape index (κ3) is 4.06. The fraction of sp³-hybridized carbons (Fsp3) is 0.136. The van der Waals surface area contributed by atoms with Gasteiger partial charge in [-0.25, -0.2) is 0 Å². The van der Waals surface area contributed by atoms with Gasteiger partial charge in [-0.1, -0.05) is 66.2 Å². The molecule has 0 aliphatic carbocycles. The number of benzene rings is 3. The van der Waals surface area contributed by atoms with Crippen molar-refractivity contribution in [1.29, 1.82) is 0 Å². The van der Waals surface area contributed by atoms with Crippen molar-refractivity contribution in [3.63, 3.8) is 0 Å². The number of carbonyl (C=O) groups excluding carboxylic acids is 1. The van der Waals surface area contributed by atoms with Crippen LogP contribution in [-0.4, -0.2) is 19.1 Å². The lowest BCUT2D eigenvalue weighted by Gasteiger charge is -2.22. The normalized spacial score (nSPS) is 11.7. The van der Waals surface area contributed by atoms with Crippen LogP contribution < -0.4 is 9.64 Å². The molecule has 3 aromatic carbocycles. The SMILES string of the molecule is C[C@H](Oc1ccc(-c2ccccc2)cc1Cl)C(=O)N(C)c1ccccc1. The Kier molecular flexibility index (Phi) is 5.59. The molecule has 0 radical (unpaired) electrons. The summed E-state index contributed by atoms with van der Waals surface area (Å²) in [6, 6.07) is 25.0. The van der Waals surface area contributed by atoms with Crippen molar-refractivity contribution in [2.75, 3.05) is 11.9 Å². The Morgan fingerprint density at radius 3 is 2.15 bits per heavy atom. The molecule has 0 heterocycles. The lowest BCUT2D eigenvalue weighted by Crippen LogP contribution is -2.38. The second kappa shape index (κ2) is 8.07. The number of amides is 1. The van der Waals surface area contributed by atoms with E-state index in [-0.39, 0.29) is 5.91 Å². The van der Waals surface area contributed by atoms with Gasteiger partial charge >= 0.3 is 0 Å². The van der Waals surface area contributed by atoms with Gasteiger partial charge in [-0.2, -0.15) is 0 Å². The van der Waals surface area contributed by atoms with E-state index in [9.17, 15) is 4.79 Å². The molecule has 0 saturated carbocycles. The number of hydrogen-bond acceptors (Lipinski definition) is 2. The Balaban J connectivity index is 1.73. The Morgan fingerprint density at radius 1 is 0.923 bits per heavy atom. The van der Waals surface area contributed by atoms with Crippen molar-refractivity contribution in [1.82, 2.24) is 0 Å². The number of anilines is 1. The van der Waals surface area contributed by atoms with Crippen molar-refractivity contribution in [3.8, 4) is 16.9 Å². The Bertz CT molecular complexity index is 881. The topological polar surface area (TPSA) is 29.5 Å². The van der Waals surface area contributed by atoms with Crippen LogP contribution in [0.1, 0.15) is 6.92 Å². The number of hydrogen-bond donors (Lipinski definition) is 0. The minimum absolute atomic E-state index is 0.139. The van der Waals surface area contributed by atoms with Crippen LogP contribution in [0.2, 0.25) is 5.02 Å². The molecule has 0 aliphatic heterocycles. The number of para-hydroxylation sites is 1. The second-order valence-electron chi connectivity index (χ2n) is 6.00. The van der Waals surface area contributed by atoms with Crippen molar-refractivity contribution in [3.05, 3.63) is 83.9 Å². The van der Waals surface area contributed by atoms with Crippen molar-refractivity contribution >= 4 is 23.2 Å². The van der Waals surface area contributed by atoms with Gasteiger partial charge in [0.1, 0.15) is 5.75 Å². The lowest BCUT2D eigenvalue weighted by molar-refractivity contribution is -0.124. The number of ether oxygens (including phenoxy) is 1. The number of halogens is 1. The quantitative estimate of drug-likeness (QED) is 0.602. The van der Waals surface area contributed by atoms with Crippen LogP contribution in [0.5, 0.6) is 5.75 Å². The first-order valence-corrected chi connectivity index (χ1v) is 8.78. The predicted molar refractivity (Wildman–Crippen MR) is 107 cm³/mol. The van der Waals surface area contributed by atoms with Crippen molar-refractivity contribution in [2.45, 2.75) is 13.0 Å². The summed E-state index contributed by atoms with van der Waals surface area (Å²) in [7, 11) is 1.73. The third-order valence-electron chi connectivity index (χ3n) is 4.16. The molecule has 3 nitrogen and oxygen atoms in total. The minimum atomic E-state index is -0.653. The molecule has 26 heavy (non-hydrogen) atoms. The maximum atomic E-state index is 12.6. The van der Waals surface area contributed by atoms with E-state index >= 15 is 0 Å². The van der Waals surface area contributed by atoms with E-state index in [1.54, 1.807) is 24.9 Å². The van der Waals surface area contributed by atoms with E-state index in [0.29, 0.717) is 10.8 Å². The Morgan fingerprint density at radius 2 is 1.54 bits per heavy atom. The minimum Gasteiger partial charge on any atom is -0.479 e. The summed E-state index contributed by atoms with van der Waals surface area (Å²) in [5.74, 6) is 0.355. The summed E-state index contributed by atoms with van der Waals surface area (Å²) in [6.45, 7) is 1.73.